The second-order valence-corrected chi connectivity index (χ2v) is 4.37. The standard InChI is InChI=1S/C14H20N2/c15-9-6-13-7-10-16(11-8-13)12-14-4-2-1-3-5-14/h1-5,7H,6,8-12,15H2. The highest BCUT2D eigenvalue weighted by atomic mass is 15.1. The molecule has 0 unspecified atom stereocenters. The van der Waals surface area contributed by atoms with Crippen molar-refractivity contribution in [3.8, 4) is 0 Å². The van der Waals surface area contributed by atoms with Crippen LogP contribution in [0.4, 0.5) is 0 Å². The number of nitrogens with zero attached hydrogens (tertiary/aromatic N) is 1. The van der Waals surface area contributed by atoms with E-state index in [0.29, 0.717) is 0 Å². The summed E-state index contributed by atoms with van der Waals surface area (Å²) in [5.41, 5.74) is 8.50. The van der Waals surface area contributed by atoms with Crippen LogP contribution in [0.25, 0.3) is 0 Å². The molecule has 0 saturated carbocycles. The SMILES string of the molecule is NCCC1=CCN(Cc2ccccc2)CC1. The summed E-state index contributed by atoms with van der Waals surface area (Å²) >= 11 is 0. The third-order valence-electron chi connectivity index (χ3n) is 3.10. The highest BCUT2D eigenvalue weighted by Crippen LogP contribution is 2.15. The number of hydrogen-bond donors (Lipinski definition) is 1. The zero-order chi connectivity index (χ0) is 11.2. The van der Waals surface area contributed by atoms with Gasteiger partial charge in [0.2, 0.25) is 0 Å². The van der Waals surface area contributed by atoms with E-state index in [1.165, 1.54) is 24.1 Å². The number of rotatable bonds is 4. The molecule has 0 fully saturated rings. The van der Waals surface area contributed by atoms with E-state index in [9.17, 15) is 0 Å². The molecular weight excluding hydrogens is 196 g/mol. The molecule has 1 heterocycles. The van der Waals surface area contributed by atoms with Crippen LogP contribution in [-0.2, 0) is 6.54 Å². The van der Waals surface area contributed by atoms with Crippen molar-refractivity contribution >= 4 is 0 Å². The Balaban J connectivity index is 1.86. The number of hydrogen-bond acceptors (Lipinski definition) is 2. The van der Waals surface area contributed by atoms with Crippen molar-refractivity contribution in [3.05, 3.63) is 47.5 Å². The molecule has 2 nitrogen and oxygen atoms in total. The van der Waals surface area contributed by atoms with Crippen LogP contribution < -0.4 is 5.73 Å². The Kier molecular flexibility index (Phi) is 4.14. The van der Waals surface area contributed by atoms with Crippen molar-refractivity contribution in [1.82, 2.24) is 4.90 Å². The molecule has 1 aromatic rings. The predicted octanol–water partition coefficient (Wildman–Crippen LogP) is 2.17. The third-order valence-corrected chi connectivity index (χ3v) is 3.10. The Hall–Kier alpha value is -1.12. The van der Waals surface area contributed by atoms with Gasteiger partial charge in [-0.1, -0.05) is 42.0 Å². The van der Waals surface area contributed by atoms with Crippen molar-refractivity contribution < 1.29 is 0 Å². The number of nitrogens with two attached hydrogens (primary N) is 1. The first-order valence-corrected chi connectivity index (χ1v) is 6.03. The highest BCUT2D eigenvalue weighted by Gasteiger charge is 2.10. The summed E-state index contributed by atoms with van der Waals surface area (Å²) in [6, 6.07) is 10.7. The van der Waals surface area contributed by atoms with Crippen LogP contribution >= 0.6 is 0 Å². The van der Waals surface area contributed by atoms with Crippen LogP contribution in [0.15, 0.2) is 42.0 Å². The second kappa shape index (κ2) is 5.83. The van der Waals surface area contributed by atoms with Crippen LogP contribution in [0.5, 0.6) is 0 Å². The lowest BCUT2D eigenvalue weighted by atomic mass is 10.0. The summed E-state index contributed by atoms with van der Waals surface area (Å²) in [7, 11) is 0. The van der Waals surface area contributed by atoms with E-state index in [4.69, 9.17) is 5.73 Å². The normalized spacial score (nSPS) is 17.2. The van der Waals surface area contributed by atoms with E-state index in [2.05, 4.69) is 41.3 Å². The van der Waals surface area contributed by atoms with E-state index in [1.807, 2.05) is 0 Å². The molecule has 0 aromatic heterocycles. The monoisotopic (exact) mass is 216 g/mol. The maximum atomic E-state index is 5.56. The van der Waals surface area contributed by atoms with Gasteiger partial charge < -0.3 is 5.73 Å². The van der Waals surface area contributed by atoms with Gasteiger partial charge in [0.15, 0.2) is 0 Å². The largest absolute Gasteiger partial charge is 0.330 e. The molecule has 0 atom stereocenters. The molecule has 0 radical (unpaired) electrons. The van der Waals surface area contributed by atoms with Crippen molar-refractivity contribution in [3.63, 3.8) is 0 Å². The molecule has 2 N–H and O–H groups in total. The average Bonchev–Trinajstić information content (AvgIpc) is 2.33. The minimum absolute atomic E-state index is 0.782. The first-order valence-electron chi connectivity index (χ1n) is 6.03. The molecule has 2 heteroatoms. The molecule has 0 amide bonds. The van der Waals surface area contributed by atoms with Gasteiger partial charge >= 0.3 is 0 Å². The second-order valence-electron chi connectivity index (χ2n) is 4.37. The van der Waals surface area contributed by atoms with E-state index < -0.39 is 0 Å². The van der Waals surface area contributed by atoms with Crippen LogP contribution in [-0.4, -0.2) is 24.5 Å². The zero-order valence-electron chi connectivity index (χ0n) is 9.73. The molecule has 1 aliphatic heterocycles. The van der Waals surface area contributed by atoms with Gasteiger partial charge in [-0.3, -0.25) is 4.90 Å². The fraction of sp³-hybridized carbons (Fsp3) is 0.429. The molecule has 1 aliphatic rings. The molecule has 0 spiro atoms. The van der Waals surface area contributed by atoms with Crippen molar-refractivity contribution in [2.75, 3.05) is 19.6 Å². The van der Waals surface area contributed by atoms with Gasteiger partial charge in [0, 0.05) is 19.6 Å². The predicted molar refractivity (Wildman–Crippen MR) is 68.1 cm³/mol. The molecule has 0 saturated heterocycles. The van der Waals surface area contributed by atoms with Gasteiger partial charge in [0.25, 0.3) is 0 Å². The van der Waals surface area contributed by atoms with Crippen LogP contribution in [0, 0.1) is 0 Å². The molecule has 1 aromatic carbocycles. The maximum absolute atomic E-state index is 5.56. The highest BCUT2D eigenvalue weighted by molar-refractivity contribution is 5.15. The zero-order valence-corrected chi connectivity index (χ0v) is 9.73. The van der Waals surface area contributed by atoms with Gasteiger partial charge in [0.1, 0.15) is 0 Å². The van der Waals surface area contributed by atoms with E-state index in [1.54, 1.807) is 0 Å². The van der Waals surface area contributed by atoms with Gasteiger partial charge in [-0.05, 0) is 24.9 Å². The molecule has 86 valence electrons. The smallest absolute Gasteiger partial charge is 0.0237 e. The fourth-order valence-electron chi connectivity index (χ4n) is 2.15. The summed E-state index contributed by atoms with van der Waals surface area (Å²) in [5.74, 6) is 0. The Labute approximate surface area is 97.8 Å². The lowest BCUT2D eigenvalue weighted by molar-refractivity contribution is 0.284. The van der Waals surface area contributed by atoms with E-state index in [-0.39, 0.29) is 0 Å². The Morgan fingerprint density at radius 1 is 1.19 bits per heavy atom. The minimum Gasteiger partial charge on any atom is -0.330 e. The molecule has 0 bridgehead atoms. The van der Waals surface area contributed by atoms with Crippen LogP contribution in [0.3, 0.4) is 0 Å². The van der Waals surface area contributed by atoms with Gasteiger partial charge in [-0.15, -0.1) is 0 Å². The fourth-order valence-corrected chi connectivity index (χ4v) is 2.15. The van der Waals surface area contributed by atoms with E-state index >= 15 is 0 Å². The average molecular weight is 216 g/mol. The lowest BCUT2D eigenvalue weighted by Gasteiger charge is -2.26. The Morgan fingerprint density at radius 3 is 2.62 bits per heavy atom. The minimum atomic E-state index is 0.782. The Morgan fingerprint density at radius 2 is 2.00 bits per heavy atom. The summed E-state index contributed by atoms with van der Waals surface area (Å²) in [6.07, 6.45) is 4.60. The quantitative estimate of drug-likeness (QED) is 0.782. The molecule has 0 aliphatic carbocycles. The first-order chi connectivity index (χ1) is 7.88. The van der Waals surface area contributed by atoms with Crippen molar-refractivity contribution in [2.24, 2.45) is 5.73 Å². The maximum Gasteiger partial charge on any atom is 0.0237 e. The molecule has 2 rings (SSSR count). The van der Waals surface area contributed by atoms with Crippen LogP contribution in [0.1, 0.15) is 18.4 Å². The third kappa shape index (κ3) is 3.19. The summed E-state index contributed by atoms with van der Waals surface area (Å²) < 4.78 is 0. The molecular formula is C14H20N2. The lowest BCUT2D eigenvalue weighted by Crippen LogP contribution is -2.28. The molecule has 16 heavy (non-hydrogen) atoms. The first kappa shape index (κ1) is 11.4. The topological polar surface area (TPSA) is 29.3 Å². The summed E-state index contributed by atoms with van der Waals surface area (Å²) in [6.45, 7) is 4.09. The van der Waals surface area contributed by atoms with E-state index in [0.717, 1.165) is 26.1 Å². The van der Waals surface area contributed by atoms with Crippen LogP contribution in [0.2, 0.25) is 0 Å². The van der Waals surface area contributed by atoms with Crippen molar-refractivity contribution in [2.45, 2.75) is 19.4 Å². The number of benzene rings is 1. The van der Waals surface area contributed by atoms with Crippen molar-refractivity contribution in [1.29, 1.82) is 0 Å². The van der Waals surface area contributed by atoms with Gasteiger partial charge in [-0.2, -0.15) is 0 Å². The summed E-state index contributed by atoms with van der Waals surface area (Å²) in [5, 5.41) is 0. The van der Waals surface area contributed by atoms with Gasteiger partial charge in [0.05, 0.1) is 0 Å². The summed E-state index contributed by atoms with van der Waals surface area (Å²) in [4.78, 5) is 2.48. The van der Waals surface area contributed by atoms with Gasteiger partial charge in [-0.25, -0.2) is 0 Å². The Bertz CT molecular complexity index is 343.